The Morgan fingerprint density at radius 3 is 1.44 bits per heavy atom. The molecule has 0 spiro atoms. The minimum atomic E-state index is -1.02. The maximum atomic E-state index is 12.5. The van der Waals surface area contributed by atoms with E-state index in [1.807, 2.05) is 0 Å². The van der Waals surface area contributed by atoms with Crippen molar-refractivity contribution in [2.24, 2.45) is 11.7 Å². The van der Waals surface area contributed by atoms with Crippen molar-refractivity contribution in [2.75, 3.05) is 145 Å². The number of hydrogen-bond donors (Lipinski definition) is 6. The Morgan fingerprint density at radius 2 is 0.952 bits per heavy atom. The van der Waals surface area contributed by atoms with Crippen LogP contribution in [0.1, 0.15) is 37.7 Å². The molecule has 0 saturated heterocycles. The lowest BCUT2D eigenvalue weighted by molar-refractivity contribution is -0.131. The van der Waals surface area contributed by atoms with Crippen LogP contribution in [0.3, 0.4) is 0 Å². The van der Waals surface area contributed by atoms with Gasteiger partial charge in [-0.2, -0.15) is 0 Å². The summed E-state index contributed by atoms with van der Waals surface area (Å²) in [6, 6.07) is 7.91. The maximum absolute atomic E-state index is 12.5. The van der Waals surface area contributed by atoms with Crippen LogP contribution in [0.2, 0.25) is 0 Å². The number of nitrogens with one attached hydrogen (secondary N) is 5. The van der Waals surface area contributed by atoms with Gasteiger partial charge in [-0.3, -0.25) is 28.8 Å². The van der Waals surface area contributed by atoms with Crippen LogP contribution < -0.4 is 32.3 Å². The average molecular weight is 899 g/mol. The number of primary amides is 1. The van der Waals surface area contributed by atoms with Crippen molar-refractivity contribution in [3.63, 3.8) is 0 Å². The predicted octanol–water partition coefficient (Wildman–Crippen LogP) is -1.61. The van der Waals surface area contributed by atoms with Crippen LogP contribution in [0, 0.1) is 5.92 Å². The van der Waals surface area contributed by atoms with Crippen LogP contribution >= 0.6 is 0 Å². The van der Waals surface area contributed by atoms with Crippen LogP contribution in [0.25, 0.3) is 0 Å². The number of rotatable bonds is 40. The van der Waals surface area contributed by atoms with Crippen molar-refractivity contribution in [3.8, 4) is 0 Å². The highest BCUT2D eigenvalue weighted by Gasteiger charge is 2.22. The van der Waals surface area contributed by atoms with Gasteiger partial charge in [0.1, 0.15) is 12.6 Å². The van der Waals surface area contributed by atoms with Gasteiger partial charge in [-0.05, 0) is 18.4 Å². The lowest BCUT2D eigenvalue weighted by Crippen LogP contribution is -2.52. The first kappa shape index (κ1) is 54.8. The summed E-state index contributed by atoms with van der Waals surface area (Å²) >= 11 is 0. The van der Waals surface area contributed by atoms with Gasteiger partial charge in [-0.15, -0.1) is 0 Å². The average Bonchev–Trinajstić information content (AvgIpc) is 3.29. The lowest BCUT2D eigenvalue weighted by atomic mass is 9.89. The third-order valence-corrected chi connectivity index (χ3v) is 8.99. The van der Waals surface area contributed by atoms with E-state index in [-0.39, 0.29) is 44.6 Å². The van der Waals surface area contributed by atoms with E-state index in [4.69, 9.17) is 48.4 Å². The van der Waals surface area contributed by atoms with Gasteiger partial charge in [0, 0.05) is 18.9 Å². The van der Waals surface area contributed by atoms with Crippen LogP contribution in [-0.2, 0) is 77.8 Å². The molecule has 0 heterocycles. The zero-order chi connectivity index (χ0) is 45.4. The second kappa shape index (κ2) is 38.2. The minimum absolute atomic E-state index is 0.146. The number of amides is 6. The monoisotopic (exact) mass is 898 g/mol. The molecule has 0 aliphatic heterocycles. The SMILES string of the molecule is NC(=O)CNC(=O)[C@H](Cc1ccccc1)NC(=O)CNC(=O)CNC(=O)COCCOCCOCCOCCOCCOCCOCCOCCOCCNC(=O)C1CCCCC1. The Hall–Kier alpha value is -4.32. The first-order chi connectivity index (χ1) is 30.7. The summed E-state index contributed by atoms with van der Waals surface area (Å²) in [5, 5.41) is 12.6. The van der Waals surface area contributed by atoms with Crippen molar-refractivity contribution in [2.45, 2.75) is 44.6 Å². The van der Waals surface area contributed by atoms with E-state index >= 15 is 0 Å². The summed E-state index contributed by atoms with van der Waals surface area (Å²) in [6.07, 6.45) is 5.66. The van der Waals surface area contributed by atoms with E-state index in [0.29, 0.717) is 106 Å². The number of hydrogen-bond acceptors (Lipinski definition) is 15. The molecule has 0 aromatic heterocycles. The zero-order valence-electron chi connectivity index (χ0n) is 36.5. The summed E-state index contributed by atoms with van der Waals surface area (Å²) in [7, 11) is 0. The molecule has 1 saturated carbocycles. The van der Waals surface area contributed by atoms with Crippen molar-refractivity contribution in [3.05, 3.63) is 35.9 Å². The molecular weight excluding hydrogens is 828 g/mol. The Balaban J connectivity index is 1.27. The number of benzene rings is 1. The molecule has 6 amide bonds. The van der Waals surface area contributed by atoms with Gasteiger partial charge >= 0.3 is 0 Å². The molecule has 1 atom stereocenters. The molecule has 0 unspecified atom stereocenters. The molecule has 1 aliphatic carbocycles. The van der Waals surface area contributed by atoms with E-state index in [9.17, 15) is 28.8 Å². The summed E-state index contributed by atoms with van der Waals surface area (Å²) in [6.45, 7) is 5.93. The minimum Gasteiger partial charge on any atom is -0.377 e. The van der Waals surface area contributed by atoms with E-state index in [2.05, 4.69) is 26.6 Å². The van der Waals surface area contributed by atoms with E-state index in [1.54, 1.807) is 30.3 Å². The molecule has 7 N–H and O–H groups in total. The first-order valence-electron chi connectivity index (χ1n) is 21.6. The maximum Gasteiger partial charge on any atom is 0.246 e. The molecule has 21 nitrogen and oxygen atoms in total. The van der Waals surface area contributed by atoms with Gasteiger partial charge in [0.05, 0.1) is 132 Å². The predicted molar refractivity (Wildman–Crippen MR) is 227 cm³/mol. The largest absolute Gasteiger partial charge is 0.377 e. The van der Waals surface area contributed by atoms with Gasteiger partial charge < -0.3 is 74.9 Å². The number of nitrogens with two attached hydrogens (primary N) is 1. The van der Waals surface area contributed by atoms with Crippen LogP contribution in [0.4, 0.5) is 0 Å². The lowest BCUT2D eigenvalue weighted by Gasteiger charge is -2.20. The van der Waals surface area contributed by atoms with E-state index < -0.39 is 48.7 Å². The molecule has 358 valence electrons. The van der Waals surface area contributed by atoms with Gasteiger partial charge in [-0.25, -0.2) is 0 Å². The highest BCUT2D eigenvalue weighted by atomic mass is 16.6. The Labute approximate surface area is 370 Å². The fourth-order valence-corrected chi connectivity index (χ4v) is 5.75. The normalized spacial score (nSPS) is 13.2. The molecule has 2 rings (SSSR count). The molecule has 0 bridgehead atoms. The molecule has 0 radical (unpaired) electrons. The smallest absolute Gasteiger partial charge is 0.246 e. The Morgan fingerprint density at radius 1 is 0.508 bits per heavy atom. The van der Waals surface area contributed by atoms with Crippen LogP contribution in [0.15, 0.2) is 30.3 Å². The van der Waals surface area contributed by atoms with Crippen LogP contribution in [0.5, 0.6) is 0 Å². The standard InChI is InChI=1S/C42H70N6O15/c43-37(49)30-47-42(54)36(29-34-7-3-1-4-8-34)48-39(51)32-45-38(50)31-46-40(52)33-63-28-27-62-26-25-61-24-23-60-22-21-59-20-19-58-18-17-57-16-15-56-14-13-55-12-11-44-41(53)35-9-5-2-6-10-35/h1,3-4,7-8,35-36H,2,5-6,9-33H2,(H2,43,49)(H,44,53)(H,45,50)(H,46,52)(H,47,54)(H,48,51)/t36-/m0/s1. The fourth-order valence-electron chi connectivity index (χ4n) is 5.75. The molecule has 63 heavy (non-hydrogen) atoms. The fraction of sp³-hybridized carbons (Fsp3) is 0.714. The Kier molecular flexibility index (Phi) is 33.2. The molecule has 1 aliphatic rings. The summed E-state index contributed by atoms with van der Waals surface area (Å²) < 4.78 is 49.0. The molecule has 1 fully saturated rings. The number of ether oxygens (including phenoxy) is 9. The number of carbonyl (C=O) groups is 6. The van der Waals surface area contributed by atoms with Crippen molar-refractivity contribution in [1.82, 2.24) is 26.6 Å². The Bertz CT molecular complexity index is 1390. The van der Waals surface area contributed by atoms with Gasteiger partial charge in [-0.1, -0.05) is 49.6 Å². The molecule has 21 heteroatoms. The van der Waals surface area contributed by atoms with Gasteiger partial charge in [0.25, 0.3) is 0 Å². The molecule has 1 aromatic carbocycles. The first-order valence-corrected chi connectivity index (χ1v) is 21.6. The van der Waals surface area contributed by atoms with Crippen LogP contribution in [-0.4, -0.2) is 187 Å². The highest BCUT2D eigenvalue weighted by Crippen LogP contribution is 2.23. The van der Waals surface area contributed by atoms with Crippen molar-refractivity contribution in [1.29, 1.82) is 0 Å². The number of carbonyl (C=O) groups excluding carboxylic acids is 6. The second-order valence-electron chi connectivity index (χ2n) is 14.1. The van der Waals surface area contributed by atoms with Gasteiger partial charge in [0.2, 0.25) is 35.4 Å². The van der Waals surface area contributed by atoms with Crippen molar-refractivity contribution < 1.29 is 71.4 Å². The van der Waals surface area contributed by atoms with Crippen molar-refractivity contribution >= 4 is 35.4 Å². The second-order valence-corrected chi connectivity index (χ2v) is 14.1. The molecular formula is C42H70N6O15. The quantitative estimate of drug-likeness (QED) is 0.0405. The third kappa shape index (κ3) is 32.1. The van der Waals surface area contributed by atoms with E-state index in [1.165, 1.54) is 6.42 Å². The molecule has 1 aromatic rings. The summed E-state index contributed by atoms with van der Waals surface area (Å²) in [4.78, 5) is 72.2. The highest BCUT2D eigenvalue weighted by molar-refractivity contribution is 5.92. The third-order valence-electron chi connectivity index (χ3n) is 8.99. The van der Waals surface area contributed by atoms with E-state index in [0.717, 1.165) is 31.2 Å². The topological polar surface area (TPSA) is 272 Å². The summed E-state index contributed by atoms with van der Waals surface area (Å²) in [5.74, 6) is -2.83. The van der Waals surface area contributed by atoms with Gasteiger partial charge in [0.15, 0.2) is 0 Å². The summed E-state index contributed by atoms with van der Waals surface area (Å²) in [5.41, 5.74) is 5.86. The zero-order valence-corrected chi connectivity index (χ0v) is 36.5.